The summed E-state index contributed by atoms with van der Waals surface area (Å²) in [5, 5.41) is 11.8. The highest BCUT2D eigenvalue weighted by molar-refractivity contribution is 5.70. The van der Waals surface area contributed by atoms with Gasteiger partial charge in [0.15, 0.2) is 12.4 Å². The number of aliphatic carboxylic acids is 1. The fourth-order valence-corrected chi connectivity index (χ4v) is 10.1. The number of carboxylic acids is 1. The topological polar surface area (TPSA) is 111 Å². The van der Waals surface area contributed by atoms with Gasteiger partial charge in [-0.25, -0.2) is 0 Å². The molecule has 0 rings (SSSR count). The van der Waals surface area contributed by atoms with Crippen LogP contribution >= 0.6 is 0 Å². The minimum absolute atomic E-state index is 0.149. The van der Waals surface area contributed by atoms with Crippen LogP contribution in [0.15, 0.2) is 12.2 Å². The maximum Gasteiger partial charge on any atom is 0.306 e. The maximum absolute atomic E-state index is 12.8. The first kappa shape index (κ1) is 74.0. The van der Waals surface area contributed by atoms with Crippen molar-refractivity contribution in [2.24, 2.45) is 0 Å². The van der Waals surface area contributed by atoms with E-state index in [1.807, 2.05) is 21.1 Å². The second-order valence-corrected chi connectivity index (χ2v) is 24.1. The number of carbonyl (C=O) groups excluding carboxylic acids is 3. The van der Waals surface area contributed by atoms with Gasteiger partial charge in [0.2, 0.25) is 0 Å². The molecule has 0 aromatic heterocycles. The molecule has 0 bridgehead atoms. The first-order valence-electron chi connectivity index (χ1n) is 33.3. The molecule has 76 heavy (non-hydrogen) atoms. The number of esters is 2. The number of nitrogens with zero attached hydrogens (tertiary/aromatic N) is 1. The smallest absolute Gasteiger partial charge is 0.306 e. The quantitative estimate of drug-likeness (QED) is 0.0195. The summed E-state index contributed by atoms with van der Waals surface area (Å²) in [5.74, 6) is -2.27. The third-order valence-corrected chi connectivity index (χ3v) is 15.3. The van der Waals surface area contributed by atoms with Gasteiger partial charge in [-0.2, -0.15) is 0 Å². The van der Waals surface area contributed by atoms with Crippen LogP contribution in [0.2, 0.25) is 0 Å². The molecular formula is C67H129NO8. The number of rotatable bonds is 63. The monoisotopic (exact) mass is 1080 g/mol. The van der Waals surface area contributed by atoms with Crippen molar-refractivity contribution < 1.29 is 42.9 Å². The molecule has 2 atom stereocenters. The van der Waals surface area contributed by atoms with Crippen LogP contribution in [0.5, 0.6) is 0 Å². The summed E-state index contributed by atoms with van der Waals surface area (Å²) in [6.45, 7) is 4.76. The Balaban J connectivity index is 3.83. The Morgan fingerprint density at radius 3 is 1.00 bits per heavy atom. The summed E-state index contributed by atoms with van der Waals surface area (Å²) in [4.78, 5) is 37.2. The SMILES string of the molecule is CCCCC/C=C\CCCCCCCC(=O)OC(COC(=O)CCCCCCCCCCCCCCCCCCCCCCCCCCCCCCCCCCCCCCCCC)COC(OCC[N+](C)(C)C)C(=O)[O-]. The highest BCUT2D eigenvalue weighted by atomic mass is 16.7. The van der Waals surface area contributed by atoms with Gasteiger partial charge in [-0.3, -0.25) is 9.59 Å². The van der Waals surface area contributed by atoms with Crippen LogP contribution in [0, 0.1) is 0 Å². The lowest BCUT2D eigenvalue weighted by molar-refractivity contribution is -0.870. The van der Waals surface area contributed by atoms with E-state index >= 15 is 0 Å². The number of hydrogen-bond acceptors (Lipinski definition) is 8. The number of likely N-dealkylation sites (N-methyl/N-ethyl adjacent to an activating group) is 1. The van der Waals surface area contributed by atoms with Crippen LogP contribution in [0.25, 0.3) is 0 Å². The molecule has 9 nitrogen and oxygen atoms in total. The van der Waals surface area contributed by atoms with E-state index in [4.69, 9.17) is 18.9 Å². The molecule has 0 N–H and O–H groups in total. The molecule has 9 heteroatoms. The number of ether oxygens (including phenoxy) is 4. The molecule has 0 heterocycles. The predicted molar refractivity (Wildman–Crippen MR) is 320 cm³/mol. The van der Waals surface area contributed by atoms with Crippen molar-refractivity contribution in [1.82, 2.24) is 0 Å². The van der Waals surface area contributed by atoms with E-state index in [0.717, 1.165) is 51.4 Å². The van der Waals surface area contributed by atoms with Crippen LogP contribution in [-0.2, 0) is 33.3 Å². The molecular weight excluding hydrogens is 947 g/mol. The number of allylic oxidation sites excluding steroid dienone is 2. The van der Waals surface area contributed by atoms with E-state index in [1.165, 1.54) is 257 Å². The van der Waals surface area contributed by atoms with Crippen LogP contribution in [0.4, 0.5) is 0 Å². The highest BCUT2D eigenvalue weighted by Crippen LogP contribution is 2.19. The fraction of sp³-hybridized carbons (Fsp3) is 0.925. The van der Waals surface area contributed by atoms with Crippen LogP contribution < -0.4 is 5.11 Å². The molecule has 0 amide bonds. The molecule has 0 spiro atoms. The van der Waals surface area contributed by atoms with Crippen molar-refractivity contribution in [2.75, 3.05) is 47.5 Å². The molecule has 0 saturated heterocycles. The van der Waals surface area contributed by atoms with E-state index in [0.29, 0.717) is 23.9 Å². The van der Waals surface area contributed by atoms with Gasteiger partial charge in [-0.15, -0.1) is 0 Å². The highest BCUT2D eigenvalue weighted by Gasteiger charge is 2.22. The zero-order valence-electron chi connectivity index (χ0n) is 51.4. The minimum atomic E-state index is -1.62. The third-order valence-electron chi connectivity index (χ3n) is 15.3. The average Bonchev–Trinajstić information content (AvgIpc) is 3.39. The molecule has 0 aliphatic heterocycles. The molecule has 0 aliphatic carbocycles. The van der Waals surface area contributed by atoms with Crippen molar-refractivity contribution in [3.63, 3.8) is 0 Å². The van der Waals surface area contributed by atoms with Gasteiger partial charge < -0.3 is 33.3 Å². The number of carboxylic acid groups (broad SMARTS) is 1. The van der Waals surface area contributed by atoms with Crippen molar-refractivity contribution in [1.29, 1.82) is 0 Å². The average molecular weight is 1080 g/mol. The van der Waals surface area contributed by atoms with Crippen molar-refractivity contribution in [2.45, 2.75) is 354 Å². The predicted octanol–water partition coefficient (Wildman–Crippen LogP) is 18.7. The number of quaternary nitrogens is 1. The molecule has 2 unspecified atom stereocenters. The maximum atomic E-state index is 12.8. The second kappa shape index (κ2) is 59.2. The van der Waals surface area contributed by atoms with Crippen molar-refractivity contribution >= 4 is 17.9 Å². The Bertz CT molecular complexity index is 1250. The lowest BCUT2D eigenvalue weighted by atomic mass is 10.0. The molecule has 0 aromatic rings. The lowest BCUT2D eigenvalue weighted by Gasteiger charge is -2.26. The molecule has 0 aromatic carbocycles. The Labute approximate surface area is 472 Å². The Hall–Kier alpha value is -1.97. The van der Waals surface area contributed by atoms with E-state index in [2.05, 4.69) is 26.0 Å². The normalized spacial score (nSPS) is 12.7. The third kappa shape index (κ3) is 59.7. The summed E-state index contributed by atoms with van der Waals surface area (Å²) in [7, 11) is 5.93. The van der Waals surface area contributed by atoms with Gasteiger partial charge in [-0.05, 0) is 38.5 Å². The van der Waals surface area contributed by atoms with E-state index < -0.39 is 24.3 Å². The lowest BCUT2D eigenvalue weighted by Crippen LogP contribution is -2.44. The molecule has 0 radical (unpaired) electrons. The van der Waals surface area contributed by atoms with E-state index in [9.17, 15) is 19.5 Å². The number of carbonyl (C=O) groups is 3. The zero-order valence-corrected chi connectivity index (χ0v) is 51.4. The Morgan fingerprint density at radius 2 is 0.671 bits per heavy atom. The summed E-state index contributed by atoms with van der Waals surface area (Å²) in [6.07, 6.45) is 67.6. The first-order valence-corrected chi connectivity index (χ1v) is 33.3. The second-order valence-electron chi connectivity index (χ2n) is 24.1. The molecule has 450 valence electrons. The minimum Gasteiger partial charge on any atom is -0.545 e. The van der Waals surface area contributed by atoms with Gasteiger partial charge in [0.05, 0.1) is 40.3 Å². The molecule has 0 fully saturated rings. The van der Waals surface area contributed by atoms with Crippen LogP contribution in [-0.4, -0.2) is 82.3 Å². The van der Waals surface area contributed by atoms with Gasteiger partial charge >= 0.3 is 11.9 Å². The summed E-state index contributed by atoms with van der Waals surface area (Å²) in [6, 6.07) is 0. The number of hydrogen-bond donors (Lipinski definition) is 0. The van der Waals surface area contributed by atoms with Gasteiger partial charge in [-0.1, -0.05) is 302 Å². The zero-order chi connectivity index (χ0) is 55.5. The first-order chi connectivity index (χ1) is 37.1. The van der Waals surface area contributed by atoms with Gasteiger partial charge in [0.1, 0.15) is 13.2 Å². The number of unbranched alkanes of at least 4 members (excludes halogenated alkanes) is 46. The standard InChI is InChI=1S/C67H129NO8/c1-6-8-10-12-14-16-18-20-21-22-23-24-25-26-27-28-29-30-31-32-33-34-35-36-37-38-39-40-41-42-43-44-45-46-48-49-51-53-55-57-64(69)74-61-63(62-75-67(66(71)72)73-60-59-68(3,4)5)76-65(70)58-56-54-52-50-47-19-17-15-13-11-9-7-2/h15,17,63,67H,6-14,16,18-62H2,1-5H3/b17-15-. The van der Waals surface area contributed by atoms with Crippen LogP contribution in [0.1, 0.15) is 341 Å². The Morgan fingerprint density at radius 1 is 0.382 bits per heavy atom. The summed E-state index contributed by atoms with van der Waals surface area (Å²) >= 11 is 0. The van der Waals surface area contributed by atoms with Crippen LogP contribution in [0.3, 0.4) is 0 Å². The summed E-state index contributed by atoms with van der Waals surface area (Å²) in [5.41, 5.74) is 0. The van der Waals surface area contributed by atoms with E-state index in [-0.39, 0.29) is 32.2 Å². The molecule has 0 aliphatic rings. The van der Waals surface area contributed by atoms with Gasteiger partial charge in [0, 0.05) is 12.8 Å². The van der Waals surface area contributed by atoms with E-state index in [1.54, 1.807) is 0 Å². The van der Waals surface area contributed by atoms with Crippen molar-refractivity contribution in [3.05, 3.63) is 12.2 Å². The molecule has 0 saturated carbocycles. The Kier molecular flexibility index (Phi) is 57.6. The fourth-order valence-electron chi connectivity index (χ4n) is 10.1. The summed E-state index contributed by atoms with van der Waals surface area (Å²) < 4.78 is 22.7. The van der Waals surface area contributed by atoms with Gasteiger partial charge in [0.25, 0.3) is 0 Å². The van der Waals surface area contributed by atoms with Crippen molar-refractivity contribution in [3.8, 4) is 0 Å². The largest absolute Gasteiger partial charge is 0.545 e.